The zero-order valence-corrected chi connectivity index (χ0v) is 21.3. The number of aryl methyl sites for hydroxylation is 1. The van der Waals surface area contributed by atoms with Crippen molar-refractivity contribution in [3.63, 3.8) is 0 Å². The lowest BCUT2D eigenvalue weighted by molar-refractivity contribution is -0.174. The van der Waals surface area contributed by atoms with Gasteiger partial charge in [-0.15, -0.1) is 0 Å². The molecule has 188 valence electrons. The van der Waals surface area contributed by atoms with Crippen molar-refractivity contribution in [2.24, 2.45) is 34.5 Å². The molecule has 5 aliphatic rings. The van der Waals surface area contributed by atoms with E-state index in [4.69, 9.17) is 4.84 Å². The van der Waals surface area contributed by atoms with Crippen molar-refractivity contribution in [3.8, 4) is 0 Å². The van der Waals surface area contributed by atoms with Gasteiger partial charge in [-0.3, -0.25) is 14.4 Å². The first-order chi connectivity index (χ1) is 16.8. The summed E-state index contributed by atoms with van der Waals surface area (Å²) in [7, 11) is 0. The molecule has 0 amide bonds. The Morgan fingerprint density at radius 1 is 1.34 bits per heavy atom. The van der Waals surface area contributed by atoms with Gasteiger partial charge in [-0.25, -0.2) is 14.9 Å². The van der Waals surface area contributed by atoms with Gasteiger partial charge in [0.25, 0.3) is 0 Å². The average molecular weight is 500 g/mol. The van der Waals surface area contributed by atoms with Gasteiger partial charge in [0.1, 0.15) is 6.01 Å². The molecule has 3 saturated carbocycles. The largest absolute Gasteiger partial charge is 0.337 e. The molecule has 0 radical (unpaired) electrons. The summed E-state index contributed by atoms with van der Waals surface area (Å²) < 4.78 is 15.3. The number of carbonyl (C=O) groups is 2. The molecule has 0 aromatic carbocycles. The van der Waals surface area contributed by atoms with Crippen molar-refractivity contribution in [1.82, 2.24) is 15.0 Å². The summed E-state index contributed by atoms with van der Waals surface area (Å²) in [4.78, 5) is 36.5. The summed E-state index contributed by atoms with van der Waals surface area (Å²) >= 11 is 0.768. The molecule has 4 fully saturated rings. The molecule has 1 aromatic heterocycles. The van der Waals surface area contributed by atoms with Gasteiger partial charge in [-0.1, -0.05) is 37.3 Å². The number of ketones is 1. The standard InChI is InChI=1S/C27H34FN3O3S/c1-25-8-6-23(32)19(7-11-31-12-10-29-16-31)20(25)4-3-18-21(25)5-9-26(2)22(18)13-17-14-30-34-27(17,26)24(33)35-15-28/h6,8,10,12,16-18,21-22,30H,3-5,7,9,11,13-15H2,1-2H3. The normalized spacial score (nSPS) is 42.0. The number of hydrogen-bond donors (Lipinski definition) is 1. The van der Waals surface area contributed by atoms with E-state index < -0.39 is 11.6 Å². The Bertz CT molecular complexity index is 1100. The second-order valence-electron chi connectivity index (χ2n) is 11.5. The highest BCUT2D eigenvalue weighted by Gasteiger charge is 2.73. The van der Waals surface area contributed by atoms with Crippen molar-refractivity contribution in [2.45, 2.75) is 64.5 Å². The number of aromatic nitrogens is 2. The molecule has 1 saturated heterocycles. The van der Waals surface area contributed by atoms with Crippen molar-refractivity contribution in [1.29, 1.82) is 0 Å². The Hall–Kier alpha value is -1.77. The number of rotatable bonds is 5. The number of nitrogens with one attached hydrogen (secondary N) is 1. The molecule has 1 N–H and O–H groups in total. The summed E-state index contributed by atoms with van der Waals surface area (Å²) in [5, 5.41) is -0.147. The minimum absolute atomic E-state index is 0.0850. The molecule has 35 heavy (non-hydrogen) atoms. The van der Waals surface area contributed by atoms with E-state index in [1.165, 1.54) is 5.57 Å². The molecule has 2 heterocycles. The zero-order valence-electron chi connectivity index (χ0n) is 20.5. The molecule has 1 aliphatic heterocycles. The van der Waals surface area contributed by atoms with Crippen LogP contribution < -0.4 is 5.48 Å². The highest BCUT2D eigenvalue weighted by molar-refractivity contribution is 8.13. The molecule has 8 heteroatoms. The SMILES string of the molecule is CC12C=CC(=O)C(CCn3ccnc3)=C1CCC1C2CCC2(C)C1CC1CNOC12C(=O)SCF. The van der Waals surface area contributed by atoms with Crippen molar-refractivity contribution < 1.29 is 18.8 Å². The third-order valence-electron chi connectivity index (χ3n) is 10.4. The second kappa shape index (κ2) is 8.38. The van der Waals surface area contributed by atoms with Gasteiger partial charge < -0.3 is 4.57 Å². The maximum absolute atomic E-state index is 13.3. The van der Waals surface area contributed by atoms with Crippen LogP contribution in [0.4, 0.5) is 4.39 Å². The van der Waals surface area contributed by atoms with E-state index in [0.29, 0.717) is 24.3 Å². The zero-order chi connectivity index (χ0) is 24.4. The van der Waals surface area contributed by atoms with Crippen LogP contribution in [0.2, 0.25) is 0 Å². The molecular weight excluding hydrogens is 465 g/mol. The number of fused-ring (bicyclic) bond motifs is 7. The van der Waals surface area contributed by atoms with E-state index in [1.54, 1.807) is 12.5 Å². The first-order valence-electron chi connectivity index (χ1n) is 12.9. The van der Waals surface area contributed by atoms with Gasteiger partial charge in [0.2, 0.25) is 5.12 Å². The van der Waals surface area contributed by atoms with E-state index in [9.17, 15) is 14.0 Å². The van der Waals surface area contributed by atoms with Gasteiger partial charge in [0.15, 0.2) is 11.4 Å². The minimum atomic E-state index is -0.940. The average Bonchev–Trinajstić information content (AvgIpc) is 3.55. The van der Waals surface area contributed by atoms with E-state index >= 15 is 0 Å². The number of carbonyl (C=O) groups excluding carboxylic acids is 2. The van der Waals surface area contributed by atoms with Crippen LogP contribution in [0.5, 0.6) is 0 Å². The highest BCUT2D eigenvalue weighted by Crippen LogP contribution is 2.70. The number of imidazole rings is 1. The lowest BCUT2D eigenvalue weighted by Crippen LogP contribution is -2.58. The van der Waals surface area contributed by atoms with Gasteiger partial charge in [0.05, 0.1) is 6.33 Å². The van der Waals surface area contributed by atoms with Crippen LogP contribution in [-0.2, 0) is 21.0 Å². The number of hydrogen-bond acceptors (Lipinski definition) is 6. The number of halogens is 1. The van der Waals surface area contributed by atoms with Crippen molar-refractivity contribution in [3.05, 3.63) is 42.0 Å². The minimum Gasteiger partial charge on any atom is -0.337 e. The van der Waals surface area contributed by atoms with E-state index in [-0.39, 0.29) is 27.6 Å². The molecule has 6 rings (SSSR count). The summed E-state index contributed by atoms with van der Waals surface area (Å²) in [6.07, 6.45) is 15.0. The van der Waals surface area contributed by atoms with Crippen LogP contribution in [0.15, 0.2) is 42.0 Å². The fourth-order valence-corrected chi connectivity index (χ4v) is 9.56. The fraction of sp³-hybridized carbons (Fsp3) is 0.667. The summed E-state index contributed by atoms with van der Waals surface area (Å²) in [6, 6.07) is -0.712. The van der Waals surface area contributed by atoms with E-state index in [1.807, 2.05) is 16.8 Å². The number of nitrogens with zero attached hydrogens (tertiary/aromatic N) is 2. The molecule has 6 nitrogen and oxygen atoms in total. The van der Waals surface area contributed by atoms with Gasteiger partial charge in [-0.05, 0) is 62.4 Å². The molecule has 1 aromatic rings. The van der Waals surface area contributed by atoms with Crippen LogP contribution in [0.25, 0.3) is 0 Å². The molecule has 0 bridgehead atoms. The van der Waals surface area contributed by atoms with Crippen molar-refractivity contribution in [2.75, 3.05) is 12.6 Å². The van der Waals surface area contributed by atoms with Crippen LogP contribution in [0, 0.1) is 34.5 Å². The lowest BCUT2D eigenvalue weighted by atomic mass is 9.47. The number of thioether (sulfide) groups is 1. The van der Waals surface area contributed by atoms with Gasteiger partial charge in [-0.2, -0.15) is 0 Å². The molecular formula is C27H34FN3O3S. The predicted molar refractivity (Wildman–Crippen MR) is 132 cm³/mol. The third-order valence-corrected chi connectivity index (χ3v) is 11.1. The summed E-state index contributed by atoms with van der Waals surface area (Å²) in [6.45, 7) is 5.96. The third kappa shape index (κ3) is 3.18. The Labute approximate surface area is 210 Å². The van der Waals surface area contributed by atoms with Crippen molar-refractivity contribution >= 4 is 22.7 Å². The summed E-state index contributed by atoms with van der Waals surface area (Å²) in [5.41, 5.74) is 3.93. The Balaban J connectivity index is 1.32. The quantitative estimate of drug-likeness (QED) is 0.637. The molecule has 4 aliphatic carbocycles. The number of hydroxylamine groups is 1. The van der Waals surface area contributed by atoms with Crippen LogP contribution in [-0.4, -0.2) is 38.6 Å². The topological polar surface area (TPSA) is 73.2 Å². The fourth-order valence-electron chi connectivity index (χ4n) is 8.81. The maximum atomic E-state index is 13.3. The first kappa shape index (κ1) is 23.6. The monoisotopic (exact) mass is 499 g/mol. The Kier molecular flexibility index (Phi) is 5.66. The number of allylic oxidation sites excluding steroid dienone is 4. The van der Waals surface area contributed by atoms with Gasteiger partial charge in [0, 0.05) is 47.8 Å². The Morgan fingerprint density at radius 2 is 2.20 bits per heavy atom. The molecule has 7 atom stereocenters. The number of alkyl halides is 1. The maximum Gasteiger partial charge on any atom is 0.226 e. The first-order valence-corrected chi connectivity index (χ1v) is 13.9. The van der Waals surface area contributed by atoms with Crippen LogP contribution >= 0.6 is 11.8 Å². The van der Waals surface area contributed by atoms with E-state index in [2.05, 4.69) is 30.4 Å². The van der Waals surface area contributed by atoms with Gasteiger partial charge >= 0.3 is 0 Å². The van der Waals surface area contributed by atoms with Crippen LogP contribution in [0.1, 0.15) is 52.4 Å². The van der Waals surface area contributed by atoms with E-state index in [0.717, 1.165) is 62.4 Å². The smallest absolute Gasteiger partial charge is 0.226 e. The van der Waals surface area contributed by atoms with Crippen LogP contribution in [0.3, 0.4) is 0 Å². The Morgan fingerprint density at radius 3 is 2.97 bits per heavy atom. The molecule has 0 spiro atoms. The lowest BCUT2D eigenvalue weighted by Gasteiger charge is -2.58. The highest BCUT2D eigenvalue weighted by atomic mass is 32.2. The summed E-state index contributed by atoms with van der Waals surface area (Å²) in [5.74, 6) is 1.49. The molecule has 7 unspecified atom stereocenters. The second-order valence-corrected chi connectivity index (χ2v) is 12.4. The predicted octanol–water partition coefficient (Wildman–Crippen LogP) is 4.64.